The minimum atomic E-state index is 0.650. The molecule has 1 heteroatoms. The van der Waals surface area contributed by atoms with Crippen LogP contribution in [0.5, 0.6) is 0 Å². The van der Waals surface area contributed by atoms with Crippen molar-refractivity contribution in [1.82, 2.24) is 4.98 Å². The molecular weight excluding hydrogens is 182 g/mol. The predicted molar refractivity (Wildman–Crippen MR) is 66.2 cm³/mol. The van der Waals surface area contributed by atoms with Gasteiger partial charge in [-0.15, -0.1) is 0 Å². The van der Waals surface area contributed by atoms with Gasteiger partial charge in [-0.05, 0) is 29.9 Å². The standard InChI is InChI=1S/C14H19N/c1-4-12(10(2)3)14-9-11-7-5-6-8-13(11)15-14/h5-10,12,15H,4H2,1-3H3. The third-order valence-corrected chi connectivity index (χ3v) is 3.19. The smallest absolute Gasteiger partial charge is 0.0456 e. The van der Waals surface area contributed by atoms with Crippen LogP contribution < -0.4 is 0 Å². The quantitative estimate of drug-likeness (QED) is 0.761. The summed E-state index contributed by atoms with van der Waals surface area (Å²) in [6.07, 6.45) is 1.20. The van der Waals surface area contributed by atoms with Crippen LogP contribution >= 0.6 is 0 Å². The van der Waals surface area contributed by atoms with Crippen molar-refractivity contribution in [3.05, 3.63) is 36.0 Å². The second-order valence-electron chi connectivity index (χ2n) is 4.57. The molecule has 2 aromatic rings. The Hall–Kier alpha value is -1.24. The number of hydrogen-bond donors (Lipinski definition) is 1. The van der Waals surface area contributed by atoms with E-state index < -0.39 is 0 Å². The lowest BCUT2D eigenvalue weighted by Crippen LogP contribution is -2.05. The Morgan fingerprint density at radius 3 is 2.53 bits per heavy atom. The molecule has 1 atom stereocenters. The Balaban J connectivity index is 2.43. The molecule has 0 radical (unpaired) electrons. The van der Waals surface area contributed by atoms with E-state index in [0.717, 1.165) is 0 Å². The van der Waals surface area contributed by atoms with Gasteiger partial charge in [0.25, 0.3) is 0 Å². The highest BCUT2D eigenvalue weighted by molar-refractivity contribution is 5.80. The van der Waals surface area contributed by atoms with Gasteiger partial charge in [-0.25, -0.2) is 0 Å². The van der Waals surface area contributed by atoms with Gasteiger partial charge in [0, 0.05) is 17.1 Å². The molecule has 0 saturated heterocycles. The van der Waals surface area contributed by atoms with Gasteiger partial charge in [-0.2, -0.15) is 0 Å². The van der Waals surface area contributed by atoms with E-state index in [4.69, 9.17) is 0 Å². The van der Waals surface area contributed by atoms with Gasteiger partial charge < -0.3 is 4.98 Å². The van der Waals surface area contributed by atoms with Crippen molar-refractivity contribution in [2.24, 2.45) is 5.92 Å². The molecule has 1 aromatic carbocycles. The number of nitrogens with one attached hydrogen (secondary N) is 1. The summed E-state index contributed by atoms with van der Waals surface area (Å²) in [4.78, 5) is 3.53. The van der Waals surface area contributed by atoms with E-state index in [1.54, 1.807) is 0 Å². The Morgan fingerprint density at radius 2 is 1.93 bits per heavy atom. The fraction of sp³-hybridized carbons (Fsp3) is 0.429. The SMILES string of the molecule is CCC(c1cc2ccccc2[nH]1)C(C)C. The molecular formula is C14H19N. The average Bonchev–Trinajstić information content (AvgIpc) is 2.61. The zero-order chi connectivity index (χ0) is 10.8. The van der Waals surface area contributed by atoms with Crippen LogP contribution in [0.25, 0.3) is 10.9 Å². The van der Waals surface area contributed by atoms with E-state index in [9.17, 15) is 0 Å². The molecule has 0 spiro atoms. The zero-order valence-electron chi connectivity index (χ0n) is 9.75. The summed E-state index contributed by atoms with van der Waals surface area (Å²) < 4.78 is 0. The molecule has 1 heterocycles. The monoisotopic (exact) mass is 201 g/mol. The van der Waals surface area contributed by atoms with Crippen LogP contribution in [0.1, 0.15) is 38.8 Å². The maximum atomic E-state index is 3.53. The molecule has 0 bridgehead atoms. The van der Waals surface area contributed by atoms with Gasteiger partial charge in [-0.3, -0.25) is 0 Å². The largest absolute Gasteiger partial charge is 0.358 e. The molecule has 1 unspecified atom stereocenters. The third kappa shape index (κ3) is 1.92. The summed E-state index contributed by atoms with van der Waals surface area (Å²) in [5, 5.41) is 1.33. The second-order valence-corrected chi connectivity index (χ2v) is 4.57. The molecule has 0 fully saturated rings. The highest BCUT2D eigenvalue weighted by atomic mass is 14.7. The predicted octanol–water partition coefficient (Wildman–Crippen LogP) is 4.32. The molecule has 80 valence electrons. The maximum absolute atomic E-state index is 3.53. The van der Waals surface area contributed by atoms with E-state index in [-0.39, 0.29) is 0 Å². The Morgan fingerprint density at radius 1 is 1.20 bits per heavy atom. The lowest BCUT2D eigenvalue weighted by atomic mass is 9.90. The van der Waals surface area contributed by atoms with Crippen molar-refractivity contribution < 1.29 is 0 Å². The fourth-order valence-corrected chi connectivity index (χ4v) is 2.35. The van der Waals surface area contributed by atoms with Crippen molar-refractivity contribution in [3.8, 4) is 0 Å². The number of aromatic amines is 1. The third-order valence-electron chi connectivity index (χ3n) is 3.19. The normalized spacial score (nSPS) is 13.6. The number of benzene rings is 1. The summed E-state index contributed by atoms with van der Waals surface area (Å²) in [6.45, 7) is 6.84. The lowest BCUT2D eigenvalue weighted by molar-refractivity contribution is 0.477. The first-order valence-corrected chi connectivity index (χ1v) is 5.80. The Kier molecular flexibility index (Phi) is 2.81. The van der Waals surface area contributed by atoms with Gasteiger partial charge in [0.1, 0.15) is 0 Å². The van der Waals surface area contributed by atoms with Gasteiger partial charge in [0.2, 0.25) is 0 Å². The average molecular weight is 201 g/mol. The number of hydrogen-bond acceptors (Lipinski definition) is 0. The molecule has 0 saturated carbocycles. The first kappa shape index (κ1) is 10.3. The molecule has 0 aliphatic heterocycles. The minimum Gasteiger partial charge on any atom is -0.358 e. The summed E-state index contributed by atoms with van der Waals surface area (Å²) in [5.41, 5.74) is 2.64. The second kappa shape index (κ2) is 4.09. The van der Waals surface area contributed by atoms with E-state index in [0.29, 0.717) is 11.8 Å². The molecule has 15 heavy (non-hydrogen) atoms. The highest BCUT2D eigenvalue weighted by Gasteiger charge is 2.15. The maximum Gasteiger partial charge on any atom is 0.0456 e. The van der Waals surface area contributed by atoms with Gasteiger partial charge in [-0.1, -0.05) is 39.0 Å². The Labute approximate surface area is 91.5 Å². The number of H-pyrrole nitrogens is 1. The summed E-state index contributed by atoms with van der Waals surface area (Å²) in [7, 11) is 0. The van der Waals surface area contributed by atoms with E-state index >= 15 is 0 Å². The zero-order valence-corrected chi connectivity index (χ0v) is 9.75. The van der Waals surface area contributed by atoms with Crippen LogP contribution in [-0.2, 0) is 0 Å². The first-order chi connectivity index (χ1) is 7.22. The van der Waals surface area contributed by atoms with E-state index in [1.165, 1.54) is 23.0 Å². The van der Waals surface area contributed by atoms with E-state index in [2.05, 4.69) is 56.1 Å². The van der Waals surface area contributed by atoms with Crippen molar-refractivity contribution in [1.29, 1.82) is 0 Å². The molecule has 1 nitrogen and oxygen atoms in total. The van der Waals surface area contributed by atoms with Crippen molar-refractivity contribution in [2.75, 3.05) is 0 Å². The molecule has 1 N–H and O–H groups in total. The van der Waals surface area contributed by atoms with Crippen molar-refractivity contribution in [3.63, 3.8) is 0 Å². The minimum absolute atomic E-state index is 0.650. The topological polar surface area (TPSA) is 15.8 Å². The molecule has 1 aromatic heterocycles. The van der Waals surface area contributed by atoms with Crippen LogP contribution in [0.15, 0.2) is 30.3 Å². The summed E-state index contributed by atoms with van der Waals surface area (Å²) in [5.74, 6) is 1.35. The number of aromatic nitrogens is 1. The summed E-state index contributed by atoms with van der Waals surface area (Å²) in [6, 6.07) is 10.8. The number of rotatable bonds is 3. The Bertz CT molecular complexity index is 406. The number of para-hydroxylation sites is 1. The van der Waals surface area contributed by atoms with Crippen molar-refractivity contribution in [2.45, 2.75) is 33.1 Å². The molecule has 0 aliphatic rings. The summed E-state index contributed by atoms with van der Waals surface area (Å²) >= 11 is 0. The molecule has 0 aliphatic carbocycles. The van der Waals surface area contributed by atoms with E-state index in [1.807, 2.05) is 0 Å². The fourth-order valence-electron chi connectivity index (χ4n) is 2.35. The van der Waals surface area contributed by atoms with Crippen LogP contribution in [0.2, 0.25) is 0 Å². The van der Waals surface area contributed by atoms with Gasteiger partial charge in [0.15, 0.2) is 0 Å². The number of fused-ring (bicyclic) bond motifs is 1. The van der Waals surface area contributed by atoms with Crippen molar-refractivity contribution >= 4 is 10.9 Å². The van der Waals surface area contributed by atoms with Crippen LogP contribution in [0.4, 0.5) is 0 Å². The van der Waals surface area contributed by atoms with Crippen LogP contribution in [0, 0.1) is 5.92 Å². The van der Waals surface area contributed by atoms with Gasteiger partial charge >= 0.3 is 0 Å². The lowest BCUT2D eigenvalue weighted by Gasteiger charge is -2.17. The first-order valence-electron chi connectivity index (χ1n) is 5.80. The highest BCUT2D eigenvalue weighted by Crippen LogP contribution is 2.29. The molecule has 2 rings (SSSR count). The van der Waals surface area contributed by atoms with Crippen LogP contribution in [0.3, 0.4) is 0 Å². The van der Waals surface area contributed by atoms with Gasteiger partial charge in [0.05, 0.1) is 0 Å². The molecule has 0 amide bonds. The van der Waals surface area contributed by atoms with Crippen LogP contribution in [-0.4, -0.2) is 4.98 Å².